The quantitative estimate of drug-likeness (QED) is 0.813. The molecule has 1 saturated carbocycles. The maximum atomic E-state index is 13.5. The summed E-state index contributed by atoms with van der Waals surface area (Å²) >= 11 is 1.78. The van der Waals surface area contributed by atoms with Gasteiger partial charge in [-0.05, 0) is 43.2 Å². The number of benzene rings is 1. The summed E-state index contributed by atoms with van der Waals surface area (Å²) < 4.78 is 41.2. The summed E-state index contributed by atoms with van der Waals surface area (Å²) in [5.74, 6) is 0.403. The number of anilines is 1. The molecule has 1 aliphatic carbocycles. The lowest BCUT2D eigenvalue weighted by molar-refractivity contribution is 0.554. The average molecular weight is 332 g/mol. The van der Waals surface area contributed by atoms with Crippen molar-refractivity contribution in [2.75, 3.05) is 11.5 Å². The van der Waals surface area contributed by atoms with E-state index < -0.39 is 15.8 Å². The Morgan fingerprint density at radius 3 is 2.76 bits per heavy atom. The van der Waals surface area contributed by atoms with Crippen molar-refractivity contribution in [3.05, 3.63) is 23.5 Å². The standard InChI is InChI=1S/C14H21FN2O2S2/c1-3-20-13-6-4-5-12(13)17-21(18,19)10-7-9(2)14(15)11(16)8-10/h7-8,12-13,17H,3-6,16H2,1-2H3. The molecule has 0 heterocycles. The van der Waals surface area contributed by atoms with Crippen LogP contribution in [0, 0.1) is 12.7 Å². The molecule has 21 heavy (non-hydrogen) atoms. The number of nitrogen functional groups attached to an aromatic ring is 1. The zero-order chi connectivity index (χ0) is 15.6. The van der Waals surface area contributed by atoms with E-state index in [0.717, 1.165) is 25.0 Å². The van der Waals surface area contributed by atoms with Crippen molar-refractivity contribution in [2.24, 2.45) is 0 Å². The zero-order valence-electron chi connectivity index (χ0n) is 12.2. The Bertz CT molecular complexity index is 596. The van der Waals surface area contributed by atoms with E-state index in [2.05, 4.69) is 11.6 Å². The highest BCUT2D eigenvalue weighted by Gasteiger charge is 2.31. The number of rotatable bonds is 5. The highest BCUT2D eigenvalue weighted by Crippen LogP contribution is 2.31. The van der Waals surface area contributed by atoms with Gasteiger partial charge in [-0.3, -0.25) is 0 Å². The second-order valence-corrected chi connectivity index (χ2v) is 8.53. The molecule has 0 amide bonds. The summed E-state index contributed by atoms with van der Waals surface area (Å²) in [6.45, 7) is 3.58. The Hall–Kier alpha value is -0.790. The van der Waals surface area contributed by atoms with Crippen molar-refractivity contribution < 1.29 is 12.8 Å². The highest BCUT2D eigenvalue weighted by atomic mass is 32.2. The van der Waals surface area contributed by atoms with Crippen molar-refractivity contribution in [2.45, 2.75) is 49.3 Å². The van der Waals surface area contributed by atoms with Crippen LogP contribution in [-0.2, 0) is 10.0 Å². The van der Waals surface area contributed by atoms with Gasteiger partial charge in [0.2, 0.25) is 10.0 Å². The van der Waals surface area contributed by atoms with Gasteiger partial charge < -0.3 is 5.73 Å². The molecule has 0 spiro atoms. The van der Waals surface area contributed by atoms with Crippen LogP contribution in [0.25, 0.3) is 0 Å². The lowest BCUT2D eigenvalue weighted by atomic mass is 10.2. The number of sulfonamides is 1. The molecule has 0 saturated heterocycles. The summed E-state index contributed by atoms with van der Waals surface area (Å²) in [5.41, 5.74) is 5.63. The van der Waals surface area contributed by atoms with Crippen molar-refractivity contribution in [3.8, 4) is 0 Å². The Balaban J connectivity index is 2.22. The molecule has 1 fully saturated rings. The number of thioether (sulfide) groups is 1. The monoisotopic (exact) mass is 332 g/mol. The van der Waals surface area contributed by atoms with Gasteiger partial charge in [-0.25, -0.2) is 17.5 Å². The molecule has 0 aliphatic heterocycles. The minimum Gasteiger partial charge on any atom is -0.396 e. The molecule has 118 valence electrons. The van der Waals surface area contributed by atoms with Gasteiger partial charge in [0.25, 0.3) is 0 Å². The summed E-state index contributed by atoms with van der Waals surface area (Å²) in [6.07, 6.45) is 2.89. The number of nitrogens with two attached hydrogens (primary N) is 1. The van der Waals surface area contributed by atoms with E-state index in [-0.39, 0.29) is 22.2 Å². The van der Waals surface area contributed by atoms with Crippen LogP contribution in [0.3, 0.4) is 0 Å². The fourth-order valence-corrected chi connectivity index (χ4v) is 5.37. The van der Waals surface area contributed by atoms with Gasteiger partial charge in [-0.15, -0.1) is 0 Å². The van der Waals surface area contributed by atoms with Crippen molar-refractivity contribution >= 4 is 27.5 Å². The van der Waals surface area contributed by atoms with Crippen molar-refractivity contribution in [1.29, 1.82) is 0 Å². The van der Waals surface area contributed by atoms with E-state index in [0.29, 0.717) is 5.25 Å². The topological polar surface area (TPSA) is 72.2 Å². The molecule has 1 aromatic rings. The molecule has 0 bridgehead atoms. The van der Waals surface area contributed by atoms with Crippen LogP contribution in [0.15, 0.2) is 17.0 Å². The molecular weight excluding hydrogens is 311 g/mol. The predicted octanol–water partition coefficient (Wildman–Crippen LogP) is 2.67. The number of nitrogens with one attached hydrogen (secondary N) is 1. The summed E-state index contributed by atoms with van der Waals surface area (Å²) in [7, 11) is -3.67. The molecule has 7 heteroatoms. The third-order valence-corrected chi connectivity index (χ3v) is 6.50. The number of hydrogen-bond donors (Lipinski definition) is 2. The normalized spacial score (nSPS) is 22.6. The van der Waals surface area contributed by atoms with Gasteiger partial charge in [-0.1, -0.05) is 13.3 Å². The Labute approximate surface area is 129 Å². The second kappa shape index (κ2) is 6.54. The van der Waals surface area contributed by atoms with Gasteiger partial charge in [0.05, 0.1) is 10.6 Å². The Morgan fingerprint density at radius 1 is 1.43 bits per heavy atom. The SMILES string of the molecule is CCSC1CCCC1NS(=O)(=O)c1cc(C)c(F)c(N)c1. The number of hydrogen-bond acceptors (Lipinski definition) is 4. The van der Waals surface area contributed by atoms with Gasteiger partial charge in [0, 0.05) is 11.3 Å². The van der Waals surface area contributed by atoms with E-state index in [4.69, 9.17) is 5.73 Å². The predicted molar refractivity (Wildman–Crippen MR) is 85.4 cm³/mol. The molecule has 0 radical (unpaired) electrons. The van der Waals surface area contributed by atoms with E-state index in [1.54, 1.807) is 11.8 Å². The minimum atomic E-state index is -3.67. The van der Waals surface area contributed by atoms with Crippen LogP contribution in [0.4, 0.5) is 10.1 Å². The van der Waals surface area contributed by atoms with Crippen LogP contribution in [0.5, 0.6) is 0 Å². The minimum absolute atomic E-state index is 0.0334. The summed E-state index contributed by atoms with van der Waals surface area (Å²) in [5, 5.41) is 0.309. The third-order valence-electron chi connectivity index (χ3n) is 3.71. The molecule has 1 aliphatic rings. The first-order chi connectivity index (χ1) is 9.85. The Kier molecular flexibility index (Phi) is 5.16. The van der Waals surface area contributed by atoms with Crippen LogP contribution in [0.1, 0.15) is 31.7 Å². The largest absolute Gasteiger partial charge is 0.396 e. The van der Waals surface area contributed by atoms with E-state index in [1.165, 1.54) is 19.1 Å². The number of aryl methyl sites for hydroxylation is 1. The van der Waals surface area contributed by atoms with Crippen molar-refractivity contribution in [3.63, 3.8) is 0 Å². The van der Waals surface area contributed by atoms with Gasteiger partial charge in [0.15, 0.2) is 0 Å². The first kappa shape index (κ1) is 16.6. The average Bonchev–Trinajstić information content (AvgIpc) is 2.82. The first-order valence-corrected chi connectivity index (χ1v) is 9.58. The highest BCUT2D eigenvalue weighted by molar-refractivity contribution is 8.00. The number of halogens is 1. The lowest BCUT2D eigenvalue weighted by Gasteiger charge is -2.20. The molecule has 2 unspecified atom stereocenters. The lowest BCUT2D eigenvalue weighted by Crippen LogP contribution is -2.38. The smallest absolute Gasteiger partial charge is 0.240 e. The summed E-state index contributed by atoms with van der Waals surface area (Å²) in [6, 6.07) is 2.44. The molecule has 1 aromatic carbocycles. The fourth-order valence-electron chi connectivity index (χ4n) is 2.66. The fraction of sp³-hybridized carbons (Fsp3) is 0.571. The second-order valence-electron chi connectivity index (χ2n) is 5.30. The van der Waals surface area contributed by atoms with Crippen molar-refractivity contribution in [1.82, 2.24) is 4.72 Å². The van der Waals surface area contributed by atoms with Gasteiger partial charge in [0.1, 0.15) is 5.82 Å². The molecule has 2 atom stereocenters. The van der Waals surface area contributed by atoms with Gasteiger partial charge >= 0.3 is 0 Å². The van der Waals surface area contributed by atoms with E-state index >= 15 is 0 Å². The molecular formula is C14H21FN2O2S2. The summed E-state index contributed by atoms with van der Waals surface area (Å²) in [4.78, 5) is 0.0334. The van der Waals surface area contributed by atoms with Crippen LogP contribution in [-0.4, -0.2) is 25.5 Å². The third kappa shape index (κ3) is 3.70. The van der Waals surface area contributed by atoms with E-state index in [1.807, 2.05) is 0 Å². The molecule has 0 aromatic heterocycles. The Morgan fingerprint density at radius 2 is 2.14 bits per heavy atom. The molecule has 3 N–H and O–H groups in total. The molecule has 2 rings (SSSR count). The zero-order valence-corrected chi connectivity index (χ0v) is 13.9. The maximum Gasteiger partial charge on any atom is 0.240 e. The van der Waals surface area contributed by atoms with E-state index in [9.17, 15) is 12.8 Å². The molecule has 4 nitrogen and oxygen atoms in total. The van der Waals surface area contributed by atoms with Crippen LogP contribution >= 0.6 is 11.8 Å². The maximum absolute atomic E-state index is 13.5. The van der Waals surface area contributed by atoms with Crippen LogP contribution < -0.4 is 10.5 Å². The first-order valence-electron chi connectivity index (χ1n) is 7.04. The van der Waals surface area contributed by atoms with Crippen LogP contribution in [0.2, 0.25) is 0 Å². The van der Waals surface area contributed by atoms with Gasteiger partial charge in [-0.2, -0.15) is 11.8 Å².